The highest BCUT2D eigenvalue weighted by Crippen LogP contribution is 2.37. The number of hydroxylamine groups is 1. The predicted octanol–water partition coefficient (Wildman–Crippen LogP) is 0.386. The van der Waals surface area contributed by atoms with E-state index in [1.165, 1.54) is 28.6 Å². The molecule has 0 aromatic carbocycles. The van der Waals surface area contributed by atoms with Crippen molar-refractivity contribution in [2.75, 3.05) is 19.4 Å². The highest BCUT2D eigenvalue weighted by molar-refractivity contribution is 7.92. The minimum atomic E-state index is -3.82. The summed E-state index contributed by atoms with van der Waals surface area (Å²) in [6, 6.07) is 1.82. The van der Waals surface area contributed by atoms with Gasteiger partial charge in [-0.2, -0.15) is 0 Å². The van der Waals surface area contributed by atoms with E-state index in [9.17, 15) is 18.0 Å². The lowest BCUT2D eigenvalue weighted by molar-refractivity contribution is -0.131. The summed E-state index contributed by atoms with van der Waals surface area (Å²) in [5.74, 6) is 10.7. The summed E-state index contributed by atoms with van der Waals surface area (Å²) in [4.78, 5) is 27.3. The van der Waals surface area contributed by atoms with E-state index >= 15 is 0 Å². The Hall–Kier alpha value is -2.37. The van der Waals surface area contributed by atoms with Crippen LogP contribution in [0.25, 0.3) is 0 Å². The summed E-state index contributed by atoms with van der Waals surface area (Å²) >= 11 is 1.25. The molecule has 10 heteroatoms. The minimum Gasteiger partial charge on any atom is -0.396 e. The number of nitrogens with one attached hydrogen (secondary N) is 1. The van der Waals surface area contributed by atoms with Gasteiger partial charge in [-0.05, 0) is 55.1 Å². The molecular weight excluding hydrogens is 428 g/mol. The van der Waals surface area contributed by atoms with Crippen LogP contribution in [-0.2, 0) is 21.2 Å². The number of hydrogen-bond donors (Lipinski definition) is 3. The van der Waals surface area contributed by atoms with Gasteiger partial charge in [-0.25, -0.2) is 13.9 Å². The monoisotopic (exact) mass is 450 g/mol. The van der Waals surface area contributed by atoms with E-state index in [4.69, 9.17) is 10.3 Å². The van der Waals surface area contributed by atoms with Gasteiger partial charge in [0.1, 0.15) is 0 Å². The van der Waals surface area contributed by atoms with Crippen molar-refractivity contribution in [2.24, 2.45) is 11.8 Å². The van der Waals surface area contributed by atoms with Crippen molar-refractivity contribution in [2.45, 2.75) is 31.1 Å². The second-order valence-corrected chi connectivity index (χ2v) is 11.2. The fraction of sp³-hybridized carbons (Fsp3) is 0.500. The maximum Gasteiger partial charge on any atom is 0.264 e. The number of aliphatic hydroxyl groups excluding tert-OH is 1. The third kappa shape index (κ3) is 4.37. The fourth-order valence-corrected chi connectivity index (χ4v) is 5.01. The summed E-state index contributed by atoms with van der Waals surface area (Å²) in [6.07, 6.45) is 1.68. The van der Waals surface area contributed by atoms with Crippen LogP contribution in [0.15, 0.2) is 6.07 Å². The third-order valence-corrected chi connectivity index (χ3v) is 8.68. The number of amides is 2. The van der Waals surface area contributed by atoms with Crippen molar-refractivity contribution in [1.82, 2.24) is 10.4 Å². The first-order valence-electron chi connectivity index (χ1n) is 9.29. The van der Waals surface area contributed by atoms with Gasteiger partial charge in [0, 0.05) is 31.9 Å². The van der Waals surface area contributed by atoms with Crippen LogP contribution >= 0.6 is 11.3 Å². The van der Waals surface area contributed by atoms with Crippen molar-refractivity contribution in [3.63, 3.8) is 0 Å². The Labute approximate surface area is 179 Å². The van der Waals surface area contributed by atoms with Crippen LogP contribution in [0.3, 0.4) is 0 Å². The van der Waals surface area contributed by atoms with Gasteiger partial charge in [0.05, 0.1) is 9.75 Å². The smallest absolute Gasteiger partial charge is 0.264 e. The van der Waals surface area contributed by atoms with Crippen molar-refractivity contribution in [1.29, 1.82) is 0 Å². The molecule has 0 bridgehead atoms. The topological polar surface area (TPSA) is 124 Å². The summed E-state index contributed by atoms with van der Waals surface area (Å²) in [5, 5.41) is 17.9. The summed E-state index contributed by atoms with van der Waals surface area (Å²) < 4.78 is 22.3. The molecule has 3 N–H and O–H groups in total. The molecule has 2 amide bonds. The molecule has 0 radical (unpaired) electrons. The highest BCUT2D eigenvalue weighted by Gasteiger charge is 2.44. The van der Waals surface area contributed by atoms with E-state index in [2.05, 4.69) is 23.7 Å². The summed E-state index contributed by atoms with van der Waals surface area (Å²) in [5.41, 5.74) is 2.20. The molecule has 1 fully saturated rings. The lowest BCUT2D eigenvalue weighted by Gasteiger charge is -2.27. The van der Waals surface area contributed by atoms with E-state index in [1.54, 1.807) is 0 Å². The predicted molar refractivity (Wildman–Crippen MR) is 110 cm³/mol. The Kier molecular flexibility index (Phi) is 6.25. The number of aliphatic hydroxyl groups is 1. The van der Waals surface area contributed by atoms with Crippen molar-refractivity contribution >= 4 is 33.0 Å². The maximum atomic E-state index is 12.6. The molecule has 1 aliphatic carbocycles. The SMILES string of the molecule is CC(CCN1Cc2cc(C#CC#C[C@H]3C[C@@H]3CO)sc2C1=O)(C(=O)NO)S(C)(=O)=O. The van der Waals surface area contributed by atoms with Gasteiger partial charge in [0.25, 0.3) is 11.8 Å². The average molecular weight is 451 g/mol. The molecule has 3 rings (SSSR count). The summed E-state index contributed by atoms with van der Waals surface area (Å²) in [7, 11) is -3.82. The number of carbonyl (C=O) groups excluding carboxylic acids is 2. The zero-order valence-electron chi connectivity index (χ0n) is 16.6. The quantitative estimate of drug-likeness (QED) is 0.327. The minimum absolute atomic E-state index is 0.0527. The normalized spacial score (nSPS) is 21.6. The van der Waals surface area contributed by atoms with E-state index in [0.717, 1.165) is 23.1 Å². The van der Waals surface area contributed by atoms with Gasteiger partial charge in [-0.1, -0.05) is 5.92 Å². The first-order chi connectivity index (χ1) is 14.1. The number of carbonyl (C=O) groups is 2. The second kappa shape index (κ2) is 8.40. The van der Waals surface area contributed by atoms with Gasteiger partial charge in [-0.3, -0.25) is 14.8 Å². The maximum absolute atomic E-state index is 12.6. The average Bonchev–Trinajstić information content (AvgIpc) is 3.25. The molecule has 160 valence electrons. The van der Waals surface area contributed by atoms with Gasteiger partial charge in [-0.15, -0.1) is 11.3 Å². The number of sulfone groups is 1. The van der Waals surface area contributed by atoms with E-state index < -0.39 is 20.5 Å². The molecule has 1 aromatic heterocycles. The molecule has 8 nitrogen and oxygen atoms in total. The van der Waals surface area contributed by atoms with Gasteiger partial charge < -0.3 is 10.0 Å². The van der Waals surface area contributed by atoms with E-state index in [-0.39, 0.29) is 37.3 Å². The Bertz CT molecular complexity index is 1100. The molecule has 1 saturated carbocycles. The Morgan fingerprint density at radius 1 is 1.43 bits per heavy atom. The third-order valence-electron chi connectivity index (χ3n) is 5.57. The van der Waals surface area contributed by atoms with Gasteiger partial charge in [0.2, 0.25) is 0 Å². The lowest BCUT2D eigenvalue weighted by Crippen LogP contribution is -2.50. The van der Waals surface area contributed by atoms with Crippen LogP contribution in [0, 0.1) is 35.5 Å². The van der Waals surface area contributed by atoms with Crippen molar-refractivity contribution in [3.8, 4) is 23.7 Å². The molecule has 0 saturated heterocycles. The van der Waals surface area contributed by atoms with Crippen LogP contribution in [-0.4, -0.2) is 59.6 Å². The van der Waals surface area contributed by atoms with E-state index in [0.29, 0.717) is 11.4 Å². The van der Waals surface area contributed by atoms with Crippen LogP contribution in [0.5, 0.6) is 0 Å². The molecule has 30 heavy (non-hydrogen) atoms. The first kappa shape index (κ1) is 22.3. The number of thiophene rings is 1. The summed E-state index contributed by atoms with van der Waals surface area (Å²) in [6.45, 7) is 1.73. The van der Waals surface area contributed by atoms with Crippen LogP contribution in [0.1, 0.15) is 39.9 Å². The zero-order chi connectivity index (χ0) is 22.1. The highest BCUT2D eigenvalue weighted by atomic mass is 32.2. The number of fused-ring (bicyclic) bond motifs is 1. The second-order valence-electron chi connectivity index (χ2n) is 7.69. The molecule has 1 aliphatic heterocycles. The number of rotatable bonds is 6. The lowest BCUT2D eigenvalue weighted by atomic mass is 10.1. The Morgan fingerprint density at radius 2 is 2.17 bits per heavy atom. The van der Waals surface area contributed by atoms with Crippen molar-refractivity contribution < 1.29 is 28.3 Å². The van der Waals surface area contributed by atoms with Crippen LogP contribution in [0.4, 0.5) is 0 Å². The van der Waals surface area contributed by atoms with Gasteiger partial charge >= 0.3 is 0 Å². The standard InChI is InChI=1S/C20H22N2O6S2/c1-20(19(25)21-26,30(2,27)28)7-8-22-11-14-10-16(29-17(14)18(22)24)6-4-3-5-13-9-15(13)12-23/h10,13,15,23,26H,7-9,11-12H2,1-2H3,(H,21,25)/t13-,15+,20?/m0/s1. The Balaban J connectivity index is 1.63. The molecule has 1 unspecified atom stereocenters. The molecule has 2 aliphatic rings. The van der Waals surface area contributed by atoms with Crippen LogP contribution in [0.2, 0.25) is 0 Å². The molecular formula is C20H22N2O6S2. The van der Waals surface area contributed by atoms with Crippen LogP contribution < -0.4 is 5.48 Å². The largest absolute Gasteiger partial charge is 0.396 e. The van der Waals surface area contributed by atoms with E-state index in [1.807, 2.05) is 6.07 Å². The van der Waals surface area contributed by atoms with Crippen molar-refractivity contribution in [3.05, 3.63) is 21.4 Å². The first-order valence-corrected chi connectivity index (χ1v) is 12.0. The van der Waals surface area contributed by atoms with Gasteiger partial charge in [0.15, 0.2) is 14.6 Å². The molecule has 1 aromatic rings. The number of hydrogen-bond acceptors (Lipinski definition) is 7. The molecule has 0 spiro atoms. The zero-order valence-corrected chi connectivity index (χ0v) is 18.2. The fourth-order valence-electron chi connectivity index (χ4n) is 3.17. The number of nitrogens with zero attached hydrogens (tertiary/aromatic N) is 1. The molecule has 3 atom stereocenters. The Morgan fingerprint density at radius 3 is 2.73 bits per heavy atom. The molecule has 2 heterocycles.